The Bertz CT molecular complexity index is 543. The van der Waals surface area contributed by atoms with Crippen LogP contribution in [0.25, 0.3) is 10.9 Å². The molecule has 16 heavy (non-hydrogen) atoms. The molecule has 0 bridgehead atoms. The van der Waals surface area contributed by atoms with E-state index in [0.717, 1.165) is 28.7 Å². The molecule has 84 valence electrons. The van der Waals surface area contributed by atoms with Crippen LogP contribution in [0.4, 0.5) is 0 Å². The van der Waals surface area contributed by atoms with Gasteiger partial charge in [-0.2, -0.15) is 5.10 Å². The van der Waals surface area contributed by atoms with Crippen LogP contribution in [-0.2, 0) is 17.8 Å². The van der Waals surface area contributed by atoms with Crippen LogP contribution in [0.3, 0.4) is 0 Å². The summed E-state index contributed by atoms with van der Waals surface area (Å²) in [7, 11) is 0. The van der Waals surface area contributed by atoms with Gasteiger partial charge in [-0.1, -0.05) is 18.2 Å². The summed E-state index contributed by atoms with van der Waals surface area (Å²) in [5, 5.41) is 14.3. The Morgan fingerprint density at radius 3 is 2.88 bits per heavy atom. The van der Waals surface area contributed by atoms with E-state index in [-0.39, 0.29) is 6.42 Å². The van der Waals surface area contributed by atoms with E-state index in [4.69, 9.17) is 5.11 Å². The van der Waals surface area contributed by atoms with Crippen LogP contribution in [-0.4, -0.2) is 20.9 Å². The van der Waals surface area contributed by atoms with Gasteiger partial charge >= 0.3 is 5.97 Å². The third kappa shape index (κ3) is 1.66. The standard InChI is InChI=1S/C12H14N2O2/c1-3-14-8(2)10-6-4-5-9(7-11(15)16)12(10)13-14/h4-6H,3,7H2,1-2H3,(H,15,16). The molecule has 0 aliphatic rings. The predicted molar refractivity (Wildman–Crippen MR) is 61.5 cm³/mol. The summed E-state index contributed by atoms with van der Waals surface area (Å²) in [4.78, 5) is 10.7. The number of carbonyl (C=O) groups is 1. The molecule has 0 unspecified atom stereocenters. The largest absolute Gasteiger partial charge is 0.481 e. The van der Waals surface area contributed by atoms with Gasteiger partial charge in [0.25, 0.3) is 0 Å². The minimum absolute atomic E-state index is 0.0253. The summed E-state index contributed by atoms with van der Waals surface area (Å²) in [5.74, 6) is -0.823. The normalized spacial score (nSPS) is 10.9. The number of carboxylic acids is 1. The minimum atomic E-state index is -0.823. The topological polar surface area (TPSA) is 55.1 Å². The summed E-state index contributed by atoms with van der Waals surface area (Å²) in [5.41, 5.74) is 2.68. The molecule has 4 nitrogen and oxygen atoms in total. The maximum atomic E-state index is 10.7. The molecular formula is C12H14N2O2. The second-order valence-electron chi connectivity index (χ2n) is 3.78. The van der Waals surface area contributed by atoms with Gasteiger partial charge in [0, 0.05) is 17.6 Å². The number of rotatable bonds is 3. The Morgan fingerprint density at radius 1 is 1.50 bits per heavy atom. The van der Waals surface area contributed by atoms with E-state index in [1.54, 1.807) is 0 Å². The summed E-state index contributed by atoms with van der Waals surface area (Å²) >= 11 is 0. The smallest absolute Gasteiger partial charge is 0.307 e. The van der Waals surface area contributed by atoms with Crippen molar-refractivity contribution < 1.29 is 9.90 Å². The number of nitrogens with zero attached hydrogens (tertiary/aromatic N) is 2. The van der Waals surface area contributed by atoms with Crippen LogP contribution in [0.5, 0.6) is 0 Å². The van der Waals surface area contributed by atoms with Crippen molar-refractivity contribution in [1.82, 2.24) is 9.78 Å². The number of aromatic nitrogens is 2. The second kappa shape index (κ2) is 3.96. The van der Waals surface area contributed by atoms with Gasteiger partial charge in [-0.25, -0.2) is 0 Å². The SMILES string of the molecule is CCn1nc2c(CC(=O)O)cccc2c1C. The zero-order chi connectivity index (χ0) is 11.7. The van der Waals surface area contributed by atoms with Gasteiger partial charge in [-0.05, 0) is 19.4 Å². The molecule has 0 radical (unpaired) electrons. The summed E-state index contributed by atoms with van der Waals surface area (Å²) in [6.45, 7) is 4.83. The number of aryl methyl sites for hydroxylation is 2. The highest BCUT2D eigenvalue weighted by atomic mass is 16.4. The maximum Gasteiger partial charge on any atom is 0.307 e. The van der Waals surface area contributed by atoms with Crippen molar-refractivity contribution >= 4 is 16.9 Å². The fourth-order valence-electron chi connectivity index (χ4n) is 1.95. The van der Waals surface area contributed by atoms with E-state index in [1.165, 1.54) is 0 Å². The van der Waals surface area contributed by atoms with Crippen molar-refractivity contribution in [2.45, 2.75) is 26.8 Å². The molecule has 2 rings (SSSR count). The van der Waals surface area contributed by atoms with Gasteiger partial charge in [0.15, 0.2) is 0 Å². The lowest BCUT2D eigenvalue weighted by Gasteiger charge is -1.97. The monoisotopic (exact) mass is 218 g/mol. The van der Waals surface area contributed by atoms with E-state index in [2.05, 4.69) is 5.10 Å². The van der Waals surface area contributed by atoms with Gasteiger partial charge in [-0.15, -0.1) is 0 Å². The average molecular weight is 218 g/mol. The fraction of sp³-hybridized carbons (Fsp3) is 0.333. The van der Waals surface area contributed by atoms with Crippen LogP contribution in [0.15, 0.2) is 18.2 Å². The molecule has 0 aliphatic carbocycles. The molecule has 4 heteroatoms. The van der Waals surface area contributed by atoms with E-state index >= 15 is 0 Å². The Kier molecular flexibility index (Phi) is 2.64. The number of benzene rings is 1. The molecule has 0 fully saturated rings. The Morgan fingerprint density at radius 2 is 2.25 bits per heavy atom. The highest BCUT2D eigenvalue weighted by Crippen LogP contribution is 2.21. The molecule has 2 aromatic rings. The molecule has 0 amide bonds. The number of fused-ring (bicyclic) bond motifs is 1. The highest BCUT2D eigenvalue weighted by molar-refractivity contribution is 5.87. The van der Waals surface area contributed by atoms with Crippen molar-refractivity contribution in [2.75, 3.05) is 0 Å². The van der Waals surface area contributed by atoms with Crippen LogP contribution < -0.4 is 0 Å². The Labute approximate surface area is 93.5 Å². The van der Waals surface area contributed by atoms with Crippen molar-refractivity contribution in [3.8, 4) is 0 Å². The van der Waals surface area contributed by atoms with Crippen molar-refractivity contribution in [3.05, 3.63) is 29.5 Å². The first-order chi connectivity index (χ1) is 7.63. The van der Waals surface area contributed by atoms with Gasteiger partial charge in [0.2, 0.25) is 0 Å². The van der Waals surface area contributed by atoms with Crippen LogP contribution in [0.1, 0.15) is 18.2 Å². The average Bonchev–Trinajstić information content (AvgIpc) is 2.56. The number of carboxylic acid groups (broad SMARTS) is 1. The Hall–Kier alpha value is -1.84. The quantitative estimate of drug-likeness (QED) is 0.857. The van der Waals surface area contributed by atoms with Gasteiger partial charge < -0.3 is 5.11 Å². The van der Waals surface area contributed by atoms with Gasteiger partial charge in [-0.3, -0.25) is 9.48 Å². The summed E-state index contributed by atoms with van der Waals surface area (Å²) in [6, 6.07) is 5.69. The lowest BCUT2D eigenvalue weighted by molar-refractivity contribution is -0.136. The predicted octanol–water partition coefficient (Wildman–Crippen LogP) is 1.99. The van der Waals surface area contributed by atoms with Crippen molar-refractivity contribution in [3.63, 3.8) is 0 Å². The van der Waals surface area contributed by atoms with E-state index < -0.39 is 5.97 Å². The third-order valence-corrected chi connectivity index (χ3v) is 2.76. The van der Waals surface area contributed by atoms with Crippen molar-refractivity contribution in [1.29, 1.82) is 0 Å². The fourth-order valence-corrected chi connectivity index (χ4v) is 1.95. The Balaban J connectivity index is 2.63. The maximum absolute atomic E-state index is 10.7. The molecule has 1 heterocycles. The molecule has 0 atom stereocenters. The van der Waals surface area contributed by atoms with Crippen LogP contribution in [0.2, 0.25) is 0 Å². The number of aliphatic carboxylic acids is 1. The van der Waals surface area contributed by atoms with Crippen LogP contribution in [0, 0.1) is 6.92 Å². The molecule has 0 saturated heterocycles. The molecule has 1 aromatic carbocycles. The minimum Gasteiger partial charge on any atom is -0.481 e. The zero-order valence-corrected chi connectivity index (χ0v) is 9.40. The van der Waals surface area contributed by atoms with Crippen molar-refractivity contribution in [2.24, 2.45) is 0 Å². The highest BCUT2D eigenvalue weighted by Gasteiger charge is 2.11. The number of hydrogen-bond donors (Lipinski definition) is 1. The second-order valence-corrected chi connectivity index (χ2v) is 3.78. The molecular weight excluding hydrogens is 204 g/mol. The summed E-state index contributed by atoms with van der Waals surface area (Å²) in [6.07, 6.45) is 0.0253. The van der Waals surface area contributed by atoms with E-state index in [1.807, 2.05) is 36.7 Å². The third-order valence-electron chi connectivity index (χ3n) is 2.76. The van der Waals surface area contributed by atoms with E-state index in [9.17, 15) is 4.79 Å². The van der Waals surface area contributed by atoms with Crippen LogP contribution >= 0.6 is 0 Å². The van der Waals surface area contributed by atoms with Gasteiger partial charge in [0.05, 0.1) is 11.9 Å². The molecule has 1 aromatic heterocycles. The van der Waals surface area contributed by atoms with E-state index in [0.29, 0.717) is 0 Å². The zero-order valence-electron chi connectivity index (χ0n) is 9.40. The van der Waals surface area contributed by atoms with Gasteiger partial charge in [0.1, 0.15) is 0 Å². The first kappa shape index (κ1) is 10.7. The summed E-state index contributed by atoms with van der Waals surface area (Å²) < 4.78 is 1.90. The molecule has 0 aliphatic heterocycles. The number of hydrogen-bond acceptors (Lipinski definition) is 2. The lowest BCUT2D eigenvalue weighted by Crippen LogP contribution is -2.01. The first-order valence-corrected chi connectivity index (χ1v) is 5.30. The first-order valence-electron chi connectivity index (χ1n) is 5.30. The molecule has 1 N–H and O–H groups in total. The molecule has 0 spiro atoms. The molecule has 0 saturated carbocycles. The lowest BCUT2D eigenvalue weighted by atomic mass is 10.1.